The minimum absolute atomic E-state index is 0.0120. The van der Waals surface area contributed by atoms with Gasteiger partial charge in [0.15, 0.2) is 0 Å². The lowest BCUT2D eigenvalue weighted by Crippen LogP contribution is -2.15. The van der Waals surface area contributed by atoms with Crippen LogP contribution in [-0.4, -0.2) is 35.7 Å². The molecule has 7 nitrogen and oxygen atoms in total. The number of rotatable bonds is 4. The molecular weight excluding hydrogens is 262 g/mol. The maximum Gasteiger partial charge on any atom is 0.341 e. The normalized spacial score (nSPS) is 10.9. The predicted molar refractivity (Wildman–Crippen MR) is 62.3 cm³/mol. The first-order valence-electron chi connectivity index (χ1n) is 4.72. The van der Waals surface area contributed by atoms with E-state index in [9.17, 15) is 13.2 Å². The number of hydrogen-bond donors (Lipinski definition) is 1. The fourth-order valence-electron chi connectivity index (χ4n) is 1.36. The Morgan fingerprint density at radius 1 is 1.11 bits per heavy atom. The molecule has 8 heteroatoms. The molecule has 0 atom stereocenters. The standard InChI is InChI=1S/C10H13NO6S/c1-15-7-5-8(16-2)9(18(11,13)14)4-6(7)10(12)17-3/h4-5H,1-3H3,(H2,11,13,14). The van der Waals surface area contributed by atoms with Crippen molar-refractivity contribution in [2.75, 3.05) is 21.3 Å². The average molecular weight is 275 g/mol. The van der Waals surface area contributed by atoms with Crippen LogP contribution in [0.4, 0.5) is 0 Å². The Kier molecular flexibility index (Phi) is 4.15. The van der Waals surface area contributed by atoms with Gasteiger partial charge < -0.3 is 14.2 Å². The molecule has 0 aliphatic rings. The topological polar surface area (TPSA) is 105 Å². The van der Waals surface area contributed by atoms with Gasteiger partial charge in [0.2, 0.25) is 10.0 Å². The average Bonchev–Trinajstić information content (AvgIpc) is 2.34. The van der Waals surface area contributed by atoms with E-state index >= 15 is 0 Å². The van der Waals surface area contributed by atoms with Gasteiger partial charge in [0, 0.05) is 6.07 Å². The number of sulfonamides is 1. The van der Waals surface area contributed by atoms with E-state index in [2.05, 4.69) is 4.74 Å². The van der Waals surface area contributed by atoms with Gasteiger partial charge in [-0.2, -0.15) is 0 Å². The van der Waals surface area contributed by atoms with Crippen molar-refractivity contribution in [3.05, 3.63) is 17.7 Å². The summed E-state index contributed by atoms with van der Waals surface area (Å²) in [5.41, 5.74) is -0.0511. The number of hydrogen-bond acceptors (Lipinski definition) is 6. The van der Waals surface area contributed by atoms with Gasteiger partial charge in [-0.3, -0.25) is 0 Å². The molecule has 1 aromatic rings. The van der Waals surface area contributed by atoms with E-state index in [0.717, 1.165) is 6.07 Å². The quantitative estimate of drug-likeness (QED) is 0.783. The lowest BCUT2D eigenvalue weighted by molar-refractivity contribution is 0.0596. The van der Waals surface area contributed by atoms with Crippen LogP contribution in [0.5, 0.6) is 11.5 Å². The van der Waals surface area contributed by atoms with Gasteiger partial charge >= 0.3 is 5.97 Å². The lowest BCUT2D eigenvalue weighted by atomic mass is 10.2. The van der Waals surface area contributed by atoms with E-state index in [1.807, 2.05) is 0 Å². The highest BCUT2D eigenvalue weighted by Gasteiger charge is 2.22. The van der Waals surface area contributed by atoms with E-state index in [0.29, 0.717) is 0 Å². The van der Waals surface area contributed by atoms with Gasteiger partial charge in [-0.25, -0.2) is 18.4 Å². The maximum absolute atomic E-state index is 11.5. The van der Waals surface area contributed by atoms with Crippen molar-refractivity contribution >= 4 is 16.0 Å². The Morgan fingerprint density at radius 3 is 2.06 bits per heavy atom. The van der Waals surface area contributed by atoms with Gasteiger partial charge in [0.05, 0.1) is 21.3 Å². The first kappa shape index (κ1) is 14.3. The number of primary sulfonamides is 1. The molecule has 0 spiro atoms. The lowest BCUT2D eigenvalue weighted by Gasteiger charge is -2.12. The molecular formula is C10H13NO6S. The van der Waals surface area contributed by atoms with Crippen molar-refractivity contribution in [1.29, 1.82) is 0 Å². The van der Waals surface area contributed by atoms with Crippen LogP contribution in [0.3, 0.4) is 0 Å². The van der Waals surface area contributed by atoms with E-state index in [1.54, 1.807) is 0 Å². The molecule has 0 unspecified atom stereocenters. The second-order valence-electron chi connectivity index (χ2n) is 3.24. The molecule has 100 valence electrons. The second kappa shape index (κ2) is 5.23. The van der Waals surface area contributed by atoms with Crippen LogP contribution in [0.2, 0.25) is 0 Å². The fourth-order valence-corrected chi connectivity index (χ4v) is 2.07. The first-order valence-corrected chi connectivity index (χ1v) is 6.27. The highest BCUT2D eigenvalue weighted by Crippen LogP contribution is 2.31. The molecule has 1 aromatic carbocycles. The molecule has 0 fully saturated rings. The summed E-state index contributed by atoms with van der Waals surface area (Å²) < 4.78 is 37.1. The van der Waals surface area contributed by atoms with Crippen molar-refractivity contribution in [2.45, 2.75) is 4.90 Å². The van der Waals surface area contributed by atoms with Gasteiger partial charge in [0.25, 0.3) is 0 Å². The minimum atomic E-state index is -4.02. The zero-order valence-electron chi connectivity index (χ0n) is 10.1. The van der Waals surface area contributed by atoms with Gasteiger partial charge in [-0.05, 0) is 6.07 Å². The van der Waals surface area contributed by atoms with E-state index < -0.39 is 16.0 Å². The summed E-state index contributed by atoms with van der Waals surface area (Å²) in [5.74, 6) is -0.618. The monoisotopic (exact) mass is 275 g/mol. The number of ether oxygens (including phenoxy) is 3. The number of nitrogens with two attached hydrogens (primary N) is 1. The molecule has 0 saturated carbocycles. The van der Waals surface area contributed by atoms with Crippen LogP contribution < -0.4 is 14.6 Å². The predicted octanol–water partition coefficient (Wildman–Crippen LogP) is 0.138. The van der Waals surface area contributed by atoms with Crippen molar-refractivity contribution in [1.82, 2.24) is 0 Å². The summed E-state index contributed by atoms with van der Waals surface area (Å²) in [6, 6.07) is 2.31. The van der Waals surface area contributed by atoms with Crippen LogP contribution in [0.1, 0.15) is 10.4 Å². The maximum atomic E-state index is 11.5. The molecule has 0 radical (unpaired) electrons. The highest BCUT2D eigenvalue weighted by molar-refractivity contribution is 7.89. The summed E-state index contributed by atoms with van der Waals surface area (Å²) in [6.07, 6.45) is 0. The number of methoxy groups -OCH3 is 3. The Labute approximate surface area is 104 Å². The molecule has 1 rings (SSSR count). The zero-order chi connectivity index (χ0) is 13.9. The Morgan fingerprint density at radius 2 is 1.67 bits per heavy atom. The summed E-state index contributed by atoms with van der Waals surface area (Å²) in [4.78, 5) is 11.2. The largest absolute Gasteiger partial charge is 0.496 e. The first-order chi connectivity index (χ1) is 8.35. The summed E-state index contributed by atoms with van der Waals surface area (Å²) >= 11 is 0. The zero-order valence-corrected chi connectivity index (χ0v) is 10.9. The highest BCUT2D eigenvalue weighted by atomic mass is 32.2. The van der Waals surface area contributed by atoms with Crippen LogP contribution in [0.15, 0.2) is 17.0 Å². The molecule has 0 amide bonds. The van der Waals surface area contributed by atoms with Crippen molar-refractivity contribution in [2.24, 2.45) is 5.14 Å². The van der Waals surface area contributed by atoms with Crippen LogP contribution in [-0.2, 0) is 14.8 Å². The van der Waals surface area contributed by atoms with Crippen LogP contribution >= 0.6 is 0 Å². The van der Waals surface area contributed by atoms with Crippen LogP contribution in [0, 0.1) is 0 Å². The number of carbonyl (C=O) groups is 1. The molecule has 18 heavy (non-hydrogen) atoms. The Bertz CT molecular complexity index is 566. The van der Waals surface area contributed by atoms with Gasteiger partial charge in [-0.1, -0.05) is 0 Å². The third-order valence-electron chi connectivity index (χ3n) is 2.20. The molecule has 0 saturated heterocycles. The summed E-state index contributed by atoms with van der Waals surface area (Å²) in [7, 11) is -0.244. The molecule has 0 bridgehead atoms. The van der Waals surface area contributed by atoms with Crippen molar-refractivity contribution in [3.63, 3.8) is 0 Å². The van der Waals surface area contributed by atoms with E-state index in [-0.39, 0.29) is 22.0 Å². The third kappa shape index (κ3) is 2.71. The molecule has 0 aliphatic carbocycles. The number of carbonyl (C=O) groups excluding carboxylic acids is 1. The Hall–Kier alpha value is -1.80. The summed E-state index contributed by atoms with van der Waals surface area (Å²) in [6.45, 7) is 0. The molecule has 0 aliphatic heterocycles. The smallest absolute Gasteiger partial charge is 0.341 e. The minimum Gasteiger partial charge on any atom is -0.496 e. The Balaban J connectivity index is 3.59. The van der Waals surface area contributed by atoms with Crippen LogP contribution in [0.25, 0.3) is 0 Å². The molecule has 0 aromatic heterocycles. The fraction of sp³-hybridized carbons (Fsp3) is 0.300. The SMILES string of the molecule is COC(=O)c1cc(S(N)(=O)=O)c(OC)cc1OC. The second-order valence-corrected chi connectivity index (χ2v) is 4.77. The van der Waals surface area contributed by atoms with Crippen molar-refractivity contribution < 1.29 is 27.4 Å². The van der Waals surface area contributed by atoms with Gasteiger partial charge in [-0.15, -0.1) is 0 Å². The molecule has 0 heterocycles. The molecule has 2 N–H and O–H groups in total. The summed E-state index contributed by atoms with van der Waals surface area (Å²) in [5, 5.41) is 5.03. The number of benzene rings is 1. The van der Waals surface area contributed by atoms with Gasteiger partial charge in [0.1, 0.15) is 22.0 Å². The van der Waals surface area contributed by atoms with E-state index in [1.165, 1.54) is 27.4 Å². The van der Waals surface area contributed by atoms with E-state index in [4.69, 9.17) is 14.6 Å². The number of esters is 1. The third-order valence-corrected chi connectivity index (χ3v) is 3.13. The van der Waals surface area contributed by atoms with Crippen molar-refractivity contribution in [3.8, 4) is 11.5 Å².